The van der Waals surface area contributed by atoms with E-state index in [0.717, 1.165) is 35.9 Å². The average Bonchev–Trinajstić information content (AvgIpc) is 3.49. The van der Waals surface area contributed by atoms with Crippen LogP contribution in [0, 0.1) is 11.8 Å². The van der Waals surface area contributed by atoms with E-state index in [1.807, 2.05) is 6.07 Å². The van der Waals surface area contributed by atoms with E-state index in [2.05, 4.69) is 27.4 Å². The number of sulfonamides is 1. The van der Waals surface area contributed by atoms with Gasteiger partial charge in [0.2, 0.25) is 10.0 Å². The van der Waals surface area contributed by atoms with Crippen LogP contribution in [0.4, 0.5) is 24.5 Å². The molecule has 2 atom stereocenters. The largest absolute Gasteiger partial charge is 0.495 e. The van der Waals surface area contributed by atoms with E-state index < -0.39 is 35.0 Å². The van der Waals surface area contributed by atoms with E-state index in [1.54, 1.807) is 18.2 Å². The lowest BCUT2D eigenvalue weighted by molar-refractivity contribution is -0.140. The number of β-amino-alcohol motifs (C(OH)–C–C–N with tert-alkyl or cyclic N) is 2. The summed E-state index contributed by atoms with van der Waals surface area (Å²) in [5.41, 5.74) is 1.81. The molecule has 1 aromatic heterocycles. The second-order valence-corrected chi connectivity index (χ2v) is 12.8. The van der Waals surface area contributed by atoms with Crippen LogP contribution >= 0.6 is 27.0 Å². The van der Waals surface area contributed by atoms with Crippen molar-refractivity contribution in [3.8, 4) is 17.6 Å². The number of aliphatic hydroxyl groups is 2. The van der Waals surface area contributed by atoms with E-state index >= 15 is 0 Å². The van der Waals surface area contributed by atoms with Gasteiger partial charge in [-0.1, -0.05) is 12.0 Å². The summed E-state index contributed by atoms with van der Waals surface area (Å²) >= 11 is 0. The van der Waals surface area contributed by atoms with Gasteiger partial charge in [0.25, 0.3) is 0 Å². The van der Waals surface area contributed by atoms with Gasteiger partial charge in [-0.2, -0.15) is 40.2 Å². The Balaban J connectivity index is 0.00000288. The maximum absolute atomic E-state index is 13.6. The molecule has 16 heteroatoms. The Kier molecular flexibility index (Phi) is 12.6. The van der Waals surface area contributed by atoms with Crippen LogP contribution in [0.25, 0.3) is 10.9 Å². The predicted octanol–water partition coefficient (Wildman–Crippen LogP) is 3.31. The van der Waals surface area contributed by atoms with Crippen LogP contribution in [0.15, 0.2) is 47.4 Å². The Hall–Kier alpha value is -2.78. The van der Waals surface area contributed by atoms with E-state index in [1.165, 1.54) is 25.3 Å². The fraction of sp³-hybridized carbons (Fsp3) is 0.467. The molecule has 2 heterocycles. The molecule has 2 aliphatic rings. The number of primary sulfonamides is 1. The molecule has 2 fully saturated rings. The lowest BCUT2D eigenvalue weighted by Gasteiger charge is -2.35. The van der Waals surface area contributed by atoms with Gasteiger partial charge in [-0.15, -0.1) is 0 Å². The molecule has 0 unspecified atom stereocenters. The van der Waals surface area contributed by atoms with Crippen molar-refractivity contribution in [2.75, 3.05) is 37.4 Å². The molecule has 1 saturated carbocycles. The highest BCUT2D eigenvalue weighted by molar-refractivity contribution is 7.89. The van der Waals surface area contributed by atoms with Gasteiger partial charge in [0.05, 0.1) is 47.7 Å². The molecule has 3 aromatic rings. The number of hydrogen-bond donors (Lipinski definition) is 5. The monoisotopic (exact) mass is 703 g/mol. The third-order valence-corrected chi connectivity index (χ3v) is 9.14. The highest BCUT2D eigenvalue weighted by Gasteiger charge is 2.35. The van der Waals surface area contributed by atoms with E-state index in [-0.39, 0.29) is 62.0 Å². The van der Waals surface area contributed by atoms with Gasteiger partial charge < -0.3 is 30.2 Å². The molecule has 1 aliphatic heterocycles. The Labute approximate surface area is 280 Å². The number of nitrogens with zero attached hydrogens (tertiary/aromatic N) is 2. The first-order valence-electron chi connectivity index (χ1n) is 14.3. The Bertz CT molecular complexity index is 1660. The minimum atomic E-state index is -4.46. The molecule has 0 amide bonds. The first-order chi connectivity index (χ1) is 20.8. The van der Waals surface area contributed by atoms with Crippen molar-refractivity contribution in [2.45, 2.75) is 67.6 Å². The smallest absolute Gasteiger partial charge is 0.406 e. The normalized spacial score (nSPS) is 21.9. The van der Waals surface area contributed by atoms with Gasteiger partial charge >= 0.3 is 6.18 Å². The molecule has 2 aromatic carbocycles. The Morgan fingerprint density at radius 1 is 1.02 bits per heavy atom. The van der Waals surface area contributed by atoms with E-state index in [0.29, 0.717) is 29.7 Å². The zero-order chi connectivity index (χ0) is 31.6. The number of rotatable bonds is 8. The number of fused-ring (bicyclic) bond motifs is 1. The zero-order valence-electron chi connectivity index (χ0n) is 25.1. The van der Waals surface area contributed by atoms with Crippen molar-refractivity contribution in [1.82, 2.24) is 9.47 Å². The minimum Gasteiger partial charge on any atom is -0.495 e. The van der Waals surface area contributed by atoms with E-state index in [9.17, 15) is 31.8 Å². The van der Waals surface area contributed by atoms with Crippen LogP contribution in [0.2, 0.25) is 0 Å². The van der Waals surface area contributed by atoms with Crippen molar-refractivity contribution >= 4 is 59.3 Å². The summed E-state index contributed by atoms with van der Waals surface area (Å²) < 4.78 is 70.5. The molecule has 254 valence electrons. The van der Waals surface area contributed by atoms with Crippen LogP contribution < -0.4 is 20.5 Å². The first-order valence-corrected chi connectivity index (χ1v) is 15.9. The number of anilines is 2. The summed E-state index contributed by atoms with van der Waals surface area (Å²) in [7, 11) is -2.55. The molecule has 1 aliphatic carbocycles. The Morgan fingerprint density at radius 2 is 1.70 bits per heavy atom. The number of nitrogens with two attached hydrogens (primary N) is 1. The number of likely N-dealkylation sites (tertiary alicyclic amines) is 1. The lowest BCUT2D eigenvalue weighted by atomic mass is 9.90. The number of nitrogens with one attached hydrogen (secondary N) is 2. The van der Waals surface area contributed by atoms with Crippen molar-refractivity contribution in [1.29, 1.82) is 0 Å². The third kappa shape index (κ3) is 8.97. The summed E-state index contributed by atoms with van der Waals surface area (Å²) in [6.07, 6.45) is -2.41. The molecule has 10 nitrogen and oxygen atoms in total. The van der Waals surface area contributed by atoms with Crippen molar-refractivity contribution < 1.29 is 36.5 Å². The summed E-state index contributed by atoms with van der Waals surface area (Å²) in [4.78, 5) is 2.02. The molecule has 6 N–H and O–H groups in total. The van der Waals surface area contributed by atoms with Crippen LogP contribution in [0.5, 0.6) is 5.75 Å². The number of halogens is 3. The minimum absolute atomic E-state index is 0. The number of aliphatic hydroxyl groups excluding tert-OH is 2. The molecule has 0 radical (unpaired) electrons. The maximum atomic E-state index is 13.6. The van der Waals surface area contributed by atoms with Gasteiger partial charge in [0, 0.05) is 42.3 Å². The number of benzene rings is 2. The highest BCUT2D eigenvalue weighted by Crippen LogP contribution is 2.33. The quantitative estimate of drug-likeness (QED) is 0.225. The summed E-state index contributed by atoms with van der Waals surface area (Å²) in [6.45, 7) is -0.210. The highest BCUT2D eigenvalue weighted by atomic mass is 32.2. The lowest BCUT2D eigenvalue weighted by Crippen LogP contribution is -2.39. The summed E-state index contributed by atoms with van der Waals surface area (Å²) in [5, 5.41) is 32.2. The van der Waals surface area contributed by atoms with Crippen molar-refractivity contribution in [3.05, 3.63) is 48.2 Å². The topological polar surface area (TPSA) is 142 Å². The van der Waals surface area contributed by atoms with Gasteiger partial charge in [0.15, 0.2) is 0 Å². The zero-order valence-corrected chi connectivity index (χ0v) is 28.0. The van der Waals surface area contributed by atoms with E-state index in [4.69, 9.17) is 9.88 Å². The predicted molar refractivity (Wildman–Crippen MR) is 182 cm³/mol. The molecule has 1 saturated heterocycles. The Morgan fingerprint density at radius 3 is 2.30 bits per heavy atom. The molecular formula is C30H40F3N5O5S3. The second-order valence-electron chi connectivity index (χ2n) is 11.3. The molecule has 5 rings (SSSR count). The van der Waals surface area contributed by atoms with Crippen LogP contribution in [-0.2, 0) is 16.6 Å². The number of ether oxygens (including phenoxy) is 1. The van der Waals surface area contributed by atoms with Gasteiger partial charge in [-0.05, 0) is 61.9 Å². The van der Waals surface area contributed by atoms with Gasteiger partial charge in [0.1, 0.15) is 12.3 Å². The molecule has 46 heavy (non-hydrogen) atoms. The first kappa shape index (κ1) is 37.7. The molecular weight excluding hydrogens is 664 g/mol. The van der Waals surface area contributed by atoms with Crippen molar-refractivity contribution in [3.63, 3.8) is 0 Å². The standard InChI is InChI=1S/C30H36F3N5O5S.2H2S/c1-43-29-15-22(44(34,41)42)11-12-25(29)35-13-3-4-21-14-23-24(5-2-6-26(23)38(21)18-30(31,32)33)36-19-7-9-20(10-8-19)37-16-27(39)28(40)17-37;;/h2,5-6,11-12,14-15,19-20,27-28,35-36,39-40H,7-10,13,16-18H2,1H3,(H2,34,41,42);2*1H2/t19?,20?,27-,28-;;/m0../s1. The van der Waals surface area contributed by atoms with Gasteiger partial charge in [-0.25, -0.2) is 13.6 Å². The SMILES string of the molecule is COc1cc(S(N)(=O)=O)ccc1NCC#Cc1cc2c(NC3CCC(N4C[C@H](O)[C@@H](O)C4)CC3)cccc2n1CC(F)(F)F.S.S. The fourth-order valence-electron chi connectivity index (χ4n) is 6.03. The molecule has 0 bridgehead atoms. The van der Waals surface area contributed by atoms with Crippen LogP contribution in [-0.4, -0.2) is 85.3 Å². The molecule has 0 spiro atoms. The van der Waals surface area contributed by atoms with Crippen LogP contribution in [0.3, 0.4) is 0 Å². The fourth-order valence-corrected chi connectivity index (χ4v) is 6.56. The number of methoxy groups -OCH3 is 1. The van der Waals surface area contributed by atoms with Crippen LogP contribution in [0.1, 0.15) is 31.4 Å². The summed E-state index contributed by atoms with van der Waals surface area (Å²) in [5.74, 6) is 5.95. The number of alkyl halides is 3. The average molecular weight is 704 g/mol. The maximum Gasteiger partial charge on any atom is 0.406 e. The summed E-state index contributed by atoms with van der Waals surface area (Å²) in [6, 6.07) is 11.4. The number of aromatic nitrogens is 1. The number of hydrogen-bond acceptors (Lipinski definition) is 8. The van der Waals surface area contributed by atoms with Gasteiger partial charge in [-0.3, -0.25) is 4.90 Å². The second kappa shape index (κ2) is 15.4. The van der Waals surface area contributed by atoms with Crippen molar-refractivity contribution in [2.24, 2.45) is 5.14 Å². The third-order valence-electron chi connectivity index (χ3n) is 8.23.